The molecular weight excluding hydrogens is 388 g/mol. The highest BCUT2D eigenvalue weighted by Crippen LogP contribution is 2.28. The molecule has 1 aromatic heterocycles. The summed E-state index contributed by atoms with van der Waals surface area (Å²) in [6.07, 6.45) is 0. The molecule has 3 aromatic rings. The molecule has 1 N–H and O–H groups in total. The van der Waals surface area contributed by atoms with E-state index in [-0.39, 0.29) is 12.5 Å². The van der Waals surface area contributed by atoms with Crippen molar-refractivity contribution in [2.24, 2.45) is 0 Å². The lowest BCUT2D eigenvalue weighted by Crippen LogP contribution is -2.35. The molecule has 4 rings (SSSR count). The molecule has 1 aliphatic rings. The van der Waals surface area contributed by atoms with Crippen LogP contribution >= 0.6 is 0 Å². The fourth-order valence-electron chi connectivity index (χ4n) is 3.98. The van der Waals surface area contributed by atoms with E-state index in [1.165, 1.54) is 0 Å². The first-order chi connectivity index (χ1) is 15.1. The SMILES string of the molecule is Cc1c(C#N)c(NC(=O)CN2CCOc3ccccc3C2)n(Cc2ccccc2)c1C. The van der Waals surface area contributed by atoms with Crippen molar-refractivity contribution in [1.82, 2.24) is 9.47 Å². The lowest BCUT2D eigenvalue weighted by atomic mass is 10.2. The maximum absolute atomic E-state index is 13.0. The Balaban J connectivity index is 1.54. The van der Waals surface area contributed by atoms with E-state index in [4.69, 9.17) is 4.74 Å². The highest BCUT2D eigenvalue weighted by Gasteiger charge is 2.22. The van der Waals surface area contributed by atoms with Gasteiger partial charge in [0.15, 0.2) is 0 Å². The predicted octanol–water partition coefficient (Wildman–Crippen LogP) is 3.86. The molecule has 6 heteroatoms. The molecule has 158 valence electrons. The Labute approximate surface area is 182 Å². The van der Waals surface area contributed by atoms with Crippen molar-refractivity contribution >= 4 is 11.7 Å². The summed E-state index contributed by atoms with van der Waals surface area (Å²) in [6, 6.07) is 20.2. The fourth-order valence-corrected chi connectivity index (χ4v) is 3.98. The van der Waals surface area contributed by atoms with Gasteiger partial charge in [0.25, 0.3) is 0 Å². The first kappa shape index (κ1) is 20.7. The molecule has 0 atom stereocenters. The van der Waals surface area contributed by atoms with Crippen molar-refractivity contribution in [3.63, 3.8) is 0 Å². The van der Waals surface area contributed by atoms with Gasteiger partial charge in [-0.2, -0.15) is 5.26 Å². The molecule has 31 heavy (non-hydrogen) atoms. The number of nitrogens with zero attached hydrogens (tertiary/aromatic N) is 3. The number of benzene rings is 2. The predicted molar refractivity (Wildman–Crippen MR) is 120 cm³/mol. The second kappa shape index (κ2) is 9.07. The van der Waals surface area contributed by atoms with Crippen LogP contribution < -0.4 is 10.1 Å². The van der Waals surface area contributed by atoms with Gasteiger partial charge in [-0.15, -0.1) is 0 Å². The third-order valence-electron chi connectivity index (χ3n) is 5.78. The Kier molecular flexibility index (Phi) is 6.06. The largest absolute Gasteiger partial charge is 0.492 e. The Bertz CT molecular complexity index is 1130. The molecule has 0 unspecified atom stereocenters. The van der Waals surface area contributed by atoms with Gasteiger partial charge in [0, 0.05) is 30.9 Å². The molecule has 0 radical (unpaired) electrons. The van der Waals surface area contributed by atoms with Crippen LogP contribution in [0.1, 0.15) is 27.9 Å². The number of nitrogens with one attached hydrogen (secondary N) is 1. The second-order valence-corrected chi connectivity index (χ2v) is 7.83. The standard InChI is InChI=1S/C25H26N4O2/c1-18-19(2)29(15-20-8-4-3-5-9-20)25(22(18)14-26)27-24(30)17-28-12-13-31-23-11-7-6-10-21(23)16-28/h3-11H,12-13,15-17H2,1-2H3,(H,27,30). The summed E-state index contributed by atoms with van der Waals surface area (Å²) in [5.74, 6) is 1.31. The Hall–Kier alpha value is -3.56. The maximum atomic E-state index is 13.0. The van der Waals surface area contributed by atoms with Crippen molar-refractivity contribution in [2.75, 3.05) is 25.0 Å². The summed E-state index contributed by atoms with van der Waals surface area (Å²) < 4.78 is 7.81. The number of aromatic nitrogens is 1. The number of carbonyl (C=O) groups is 1. The van der Waals surface area contributed by atoms with Gasteiger partial charge in [-0.1, -0.05) is 48.5 Å². The Morgan fingerprint density at radius 2 is 1.87 bits per heavy atom. The number of fused-ring (bicyclic) bond motifs is 1. The van der Waals surface area contributed by atoms with E-state index < -0.39 is 0 Å². The molecule has 0 bridgehead atoms. The minimum absolute atomic E-state index is 0.136. The molecule has 6 nitrogen and oxygen atoms in total. The molecule has 1 amide bonds. The number of para-hydroxylation sites is 1. The molecule has 0 saturated carbocycles. The lowest BCUT2D eigenvalue weighted by molar-refractivity contribution is -0.117. The lowest BCUT2D eigenvalue weighted by Gasteiger charge is -2.19. The molecule has 0 aliphatic carbocycles. The van der Waals surface area contributed by atoms with Gasteiger partial charge in [-0.05, 0) is 31.0 Å². The van der Waals surface area contributed by atoms with Crippen LogP contribution in [0.5, 0.6) is 5.75 Å². The van der Waals surface area contributed by atoms with Gasteiger partial charge in [0.1, 0.15) is 24.2 Å². The third-order valence-corrected chi connectivity index (χ3v) is 5.78. The number of anilines is 1. The van der Waals surface area contributed by atoms with Crippen molar-refractivity contribution in [1.29, 1.82) is 5.26 Å². The van der Waals surface area contributed by atoms with E-state index >= 15 is 0 Å². The van der Waals surface area contributed by atoms with E-state index in [0.717, 1.165) is 28.1 Å². The van der Waals surface area contributed by atoms with Crippen LogP contribution in [0.4, 0.5) is 5.82 Å². The summed E-state index contributed by atoms with van der Waals surface area (Å²) >= 11 is 0. The zero-order valence-electron chi connectivity index (χ0n) is 17.9. The quantitative estimate of drug-likeness (QED) is 0.688. The van der Waals surface area contributed by atoms with Gasteiger partial charge in [0.2, 0.25) is 5.91 Å². The van der Waals surface area contributed by atoms with Crippen LogP contribution in [0.15, 0.2) is 54.6 Å². The van der Waals surface area contributed by atoms with E-state index in [9.17, 15) is 10.1 Å². The first-order valence-electron chi connectivity index (χ1n) is 10.4. The number of hydrogen-bond donors (Lipinski definition) is 1. The van der Waals surface area contributed by atoms with Gasteiger partial charge in [-0.3, -0.25) is 9.69 Å². The van der Waals surface area contributed by atoms with Crippen LogP contribution in [-0.2, 0) is 17.9 Å². The van der Waals surface area contributed by atoms with Crippen molar-refractivity contribution in [2.45, 2.75) is 26.9 Å². The topological polar surface area (TPSA) is 70.3 Å². The van der Waals surface area contributed by atoms with Crippen LogP contribution in [0, 0.1) is 25.2 Å². The number of carbonyl (C=O) groups excluding carboxylic acids is 1. The fraction of sp³-hybridized carbons (Fsp3) is 0.280. The third kappa shape index (κ3) is 4.47. The van der Waals surface area contributed by atoms with E-state index in [2.05, 4.69) is 16.3 Å². The van der Waals surface area contributed by atoms with Crippen LogP contribution in [-0.4, -0.2) is 35.1 Å². The monoisotopic (exact) mass is 414 g/mol. The summed E-state index contributed by atoms with van der Waals surface area (Å²) in [4.78, 5) is 15.0. The highest BCUT2D eigenvalue weighted by molar-refractivity contribution is 5.93. The van der Waals surface area contributed by atoms with Crippen molar-refractivity contribution in [3.8, 4) is 11.8 Å². The summed E-state index contributed by atoms with van der Waals surface area (Å²) in [5, 5.41) is 12.8. The van der Waals surface area contributed by atoms with Crippen LogP contribution in [0.3, 0.4) is 0 Å². The minimum atomic E-state index is -0.136. The number of hydrogen-bond acceptors (Lipinski definition) is 4. The zero-order valence-corrected chi connectivity index (χ0v) is 17.9. The normalized spacial score (nSPS) is 13.6. The van der Waals surface area contributed by atoms with Crippen LogP contribution in [0.2, 0.25) is 0 Å². The van der Waals surface area contributed by atoms with E-state index in [1.54, 1.807) is 0 Å². The van der Waals surface area contributed by atoms with Gasteiger partial charge >= 0.3 is 0 Å². The molecule has 0 fully saturated rings. The second-order valence-electron chi connectivity index (χ2n) is 7.83. The Morgan fingerprint density at radius 3 is 2.65 bits per heavy atom. The average molecular weight is 415 g/mol. The average Bonchev–Trinajstić information content (AvgIpc) is 2.91. The smallest absolute Gasteiger partial charge is 0.239 e. The highest BCUT2D eigenvalue weighted by atomic mass is 16.5. The van der Waals surface area contributed by atoms with E-state index in [1.807, 2.05) is 73.0 Å². The summed E-state index contributed by atoms with van der Waals surface area (Å²) in [5.41, 5.74) is 4.58. The van der Waals surface area contributed by atoms with Gasteiger partial charge < -0.3 is 14.6 Å². The van der Waals surface area contributed by atoms with Crippen molar-refractivity contribution < 1.29 is 9.53 Å². The molecule has 0 spiro atoms. The van der Waals surface area contributed by atoms with Gasteiger partial charge in [0.05, 0.1) is 12.1 Å². The van der Waals surface area contributed by atoms with Crippen LogP contribution in [0.25, 0.3) is 0 Å². The maximum Gasteiger partial charge on any atom is 0.239 e. The Morgan fingerprint density at radius 1 is 1.13 bits per heavy atom. The number of rotatable bonds is 5. The van der Waals surface area contributed by atoms with Crippen molar-refractivity contribution in [3.05, 3.63) is 82.5 Å². The number of nitriles is 1. The zero-order chi connectivity index (χ0) is 21.8. The molecule has 1 aliphatic heterocycles. The molecule has 2 heterocycles. The first-order valence-corrected chi connectivity index (χ1v) is 10.4. The van der Waals surface area contributed by atoms with E-state index in [0.29, 0.717) is 37.6 Å². The van der Waals surface area contributed by atoms with Gasteiger partial charge in [-0.25, -0.2) is 0 Å². The minimum Gasteiger partial charge on any atom is -0.492 e. The molecular formula is C25H26N4O2. The molecule has 2 aromatic carbocycles. The number of ether oxygens (including phenoxy) is 1. The number of amides is 1. The molecule has 0 saturated heterocycles. The summed E-state index contributed by atoms with van der Waals surface area (Å²) in [7, 11) is 0. The summed E-state index contributed by atoms with van der Waals surface area (Å²) in [6.45, 7) is 6.59.